The Balaban J connectivity index is 1.76. The Morgan fingerprint density at radius 3 is 2.86 bits per heavy atom. The van der Waals surface area contributed by atoms with Crippen molar-refractivity contribution in [3.05, 3.63) is 12.7 Å². The van der Waals surface area contributed by atoms with Gasteiger partial charge in [0.05, 0.1) is 12.6 Å². The van der Waals surface area contributed by atoms with E-state index in [1.165, 1.54) is 6.33 Å². The van der Waals surface area contributed by atoms with Gasteiger partial charge in [-0.3, -0.25) is 9.48 Å². The summed E-state index contributed by atoms with van der Waals surface area (Å²) in [7, 11) is 0. The first-order valence-corrected chi connectivity index (χ1v) is 7.22. The van der Waals surface area contributed by atoms with Crippen molar-refractivity contribution in [3.8, 4) is 0 Å². The third-order valence-electron chi connectivity index (χ3n) is 4.56. The number of nitrogens with zero attached hydrogens (tertiary/aromatic N) is 5. The first-order valence-electron chi connectivity index (χ1n) is 7.22. The van der Waals surface area contributed by atoms with E-state index in [0.29, 0.717) is 25.6 Å². The van der Waals surface area contributed by atoms with E-state index in [0.717, 1.165) is 12.8 Å². The lowest BCUT2D eigenvalue weighted by Crippen LogP contribution is -2.51. The molecule has 1 aromatic rings. The van der Waals surface area contributed by atoms with E-state index in [-0.39, 0.29) is 24.0 Å². The first kappa shape index (κ1) is 13.8. The molecule has 0 bridgehead atoms. The van der Waals surface area contributed by atoms with Crippen molar-refractivity contribution < 1.29 is 9.59 Å². The summed E-state index contributed by atoms with van der Waals surface area (Å²) in [4.78, 5) is 31.0. The lowest BCUT2D eigenvalue weighted by atomic mass is 9.92. The number of likely N-dealkylation sites (tertiary alicyclic amines) is 2. The highest BCUT2D eigenvalue weighted by Gasteiger charge is 2.45. The topological polar surface area (TPSA) is 97.4 Å². The Bertz CT molecular complexity index is 531. The number of nitrogens with two attached hydrogens (primary N) is 1. The van der Waals surface area contributed by atoms with Gasteiger partial charge in [-0.15, -0.1) is 0 Å². The molecule has 21 heavy (non-hydrogen) atoms. The van der Waals surface area contributed by atoms with Crippen molar-refractivity contribution in [3.63, 3.8) is 0 Å². The second kappa shape index (κ2) is 5.34. The van der Waals surface area contributed by atoms with E-state index in [1.54, 1.807) is 22.8 Å². The van der Waals surface area contributed by atoms with E-state index in [9.17, 15) is 9.59 Å². The molecule has 8 nitrogen and oxygen atoms in total. The molecule has 8 heteroatoms. The molecule has 0 aliphatic carbocycles. The summed E-state index contributed by atoms with van der Waals surface area (Å²) in [5, 5.41) is 4.12. The third-order valence-corrected chi connectivity index (χ3v) is 4.56. The van der Waals surface area contributed by atoms with Crippen LogP contribution in [0.15, 0.2) is 12.7 Å². The van der Waals surface area contributed by atoms with E-state index in [2.05, 4.69) is 10.1 Å². The molecular formula is C13H20N6O2. The van der Waals surface area contributed by atoms with Crippen LogP contribution in [0.4, 0.5) is 4.79 Å². The predicted octanol–water partition coefficient (Wildman–Crippen LogP) is -0.332. The fraction of sp³-hybridized carbons (Fsp3) is 0.692. The average molecular weight is 292 g/mol. The Morgan fingerprint density at radius 2 is 2.24 bits per heavy atom. The van der Waals surface area contributed by atoms with Crippen LogP contribution in [-0.4, -0.2) is 61.7 Å². The zero-order valence-electron chi connectivity index (χ0n) is 12.1. The molecule has 2 aliphatic heterocycles. The van der Waals surface area contributed by atoms with Gasteiger partial charge in [-0.25, -0.2) is 9.78 Å². The standard InChI is InChI=1S/C13H20N6O2/c1-9(20)19-11(6-18-8-15-7-16-18)4-10-5-17(13(14)21)3-2-12(10)19/h7-8,10-12H,2-6H2,1H3,(H2,14,21)/t10?,11-,12?/m0/s1. The van der Waals surface area contributed by atoms with Gasteiger partial charge in [0.1, 0.15) is 12.7 Å². The van der Waals surface area contributed by atoms with Gasteiger partial charge in [0.2, 0.25) is 5.91 Å². The van der Waals surface area contributed by atoms with Crippen LogP contribution in [0.2, 0.25) is 0 Å². The van der Waals surface area contributed by atoms with Gasteiger partial charge in [-0.05, 0) is 18.8 Å². The molecule has 3 atom stereocenters. The van der Waals surface area contributed by atoms with Crippen LogP contribution in [0.5, 0.6) is 0 Å². The Hall–Kier alpha value is -2.12. The highest BCUT2D eigenvalue weighted by Crippen LogP contribution is 2.36. The van der Waals surface area contributed by atoms with Crippen LogP contribution >= 0.6 is 0 Å². The van der Waals surface area contributed by atoms with Gasteiger partial charge >= 0.3 is 6.03 Å². The van der Waals surface area contributed by atoms with Gasteiger partial charge in [0, 0.05) is 26.1 Å². The van der Waals surface area contributed by atoms with Crippen molar-refractivity contribution in [1.29, 1.82) is 0 Å². The largest absolute Gasteiger partial charge is 0.351 e. The summed E-state index contributed by atoms with van der Waals surface area (Å²) in [6, 6.07) is -0.0683. The van der Waals surface area contributed by atoms with Gasteiger partial charge in [-0.1, -0.05) is 0 Å². The number of carbonyl (C=O) groups excluding carboxylic acids is 2. The number of urea groups is 1. The Labute approximate surface area is 122 Å². The maximum atomic E-state index is 12.0. The molecule has 114 valence electrons. The molecule has 2 unspecified atom stereocenters. The molecule has 0 spiro atoms. The Morgan fingerprint density at radius 1 is 1.43 bits per heavy atom. The minimum absolute atomic E-state index is 0.0835. The highest BCUT2D eigenvalue weighted by atomic mass is 16.2. The average Bonchev–Trinajstić information content (AvgIpc) is 3.04. The molecule has 2 N–H and O–H groups in total. The fourth-order valence-corrected chi connectivity index (χ4v) is 3.75. The number of fused-ring (bicyclic) bond motifs is 1. The quantitative estimate of drug-likeness (QED) is 0.807. The zero-order chi connectivity index (χ0) is 15.0. The number of hydrogen-bond donors (Lipinski definition) is 1. The van der Waals surface area contributed by atoms with Crippen molar-refractivity contribution in [1.82, 2.24) is 24.6 Å². The fourth-order valence-electron chi connectivity index (χ4n) is 3.75. The van der Waals surface area contributed by atoms with Crippen LogP contribution in [0.3, 0.4) is 0 Å². The second-order valence-electron chi connectivity index (χ2n) is 5.83. The molecule has 3 heterocycles. The number of rotatable bonds is 2. The zero-order valence-corrected chi connectivity index (χ0v) is 12.1. The molecule has 0 aromatic carbocycles. The predicted molar refractivity (Wildman–Crippen MR) is 74.0 cm³/mol. The first-order chi connectivity index (χ1) is 10.1. The minimum atomic E-state index is -0.373. The third kappa shape index (κ3) is 2.57. The second-order valence-corrected chi connectivity index (χ2v) is 5.83. The molecule has 0 radical (unpaired) electrons. The number of primary amides is 1. The smallest absolute Gasteiger partial charge is 0.314 e. The van der Waals surface area contributed by atoms with Gasteiger partial charge in [0.25, 0.3) is 0 Å². The van der Waals surface area contributed by atoms with Gasteiger partial charge in [-0.2, -0.15) is 5.10 Å². The molecule has 2 aliphatic rings. The number of aromatic nitrogens is 3. The minimum Gasteiger partial charge on any atom is -0.351 e. The van der Waals surface area contributed by atoms with Crippen LogP contribution < -0.4 is 5.73 Å². The van der Waals surface area contributed by atoms with E-state index in [1.807, 2.05) is 4.90 Å². The van der Waals surface area contributed by atoms with E-state index in [4.69, 9.17) is 5.73 Å². The van der Waals surface area contributed by atoms with Crippen molar-refractivity contribution in [2.75, 3.05) is 13.1 Å². The molecule has 1 aromatic heterocycles. The number of hydrogen-bond acceptors (Lipinski definition) is 4. The molecule has 3 rings (SSSR count). The number of carbonyl (C=O) groups is 2. The SMILES string of the molecule is CC(=O)N1C2CCN(C(N)=O)CC2C[C@H]1Cn1cncn1. The maximum absolute atomic E-state index is 12.0. The molecular weight excluding hydrogens is 272 g/mol. The molecule has 2 saturated heterocycles. The molecule has 0 saturated carbocycles. The summed E-state index contributed by atoms with van der Waals surface area (Å²) >= 11 is 0. The van der Waals surface area contributed by atoms with Gasteiger partial charge in [0.15, 0.2) is 0 Å². The number of amides is 3. The van der Waals surface area contributed by atoms with Crippen LogP contribution in [0, 0.1) is 5.92 Å². The lowest BCUT2D eigenvalue weighted by Gasteiger charge is -2.37. The van der Waals surface area contributed by atoms with Crippen LogP contribution in [-0.2, 0) is 11.3 Å². The van der Waals surface area contributed by atoms with Crippen molar-refractivity contribution in [2.24, 2.45) is 11.7 Å². The molecule has 3 amide bonds. The normalized spacial score (nSPS) is 28.5. The van der Waals surface area contributed by atoms with Crippen LogP contribution in [0.1, 0.15) is 19.8 Å². The molecule has 2 fully saturated rings. The van der Waals surface area contributed by atoms with Gasteiger partial charge < -0.3 is 15.5 Å². The van der Waals surface area contributed by atoms with Crippen molar-refractivity contribution in [2.45, 2.75) is 38.4 Å². The van der Waals surface area contributed by atoms with Crippen molar-refractivity contribution >= 4 is 11.9 Å². The summed E-state index contributed by atoms with van der Waals surface area (Å²) in [6.07, 6.45) is 4.82. The summed E-state index contributed by atoms with van der Waals surface area (Å²) < 4.78 is 1.75. The van der Waals surface area contributed by atoms with E-state index < -0.39 is 0 Å². The number of piperidine rings is 1. The summed E-state index contributed by atoms with van der Waals surface area (Å²) in [6.45, 7) is 3.51. The van der Waals surface area contributed by atoms with E-state index >= 15 is 0 Å². The lowest BCUT2D eigenvalue weighted by molar-refractivity contribution is -0.132. The Kier molecular flexibility index (Phi) is 3.52. The monoisotopic (exact) mass is 292 g/mol. The maximum Gasteiger partial charge on any atom is 0.314 e. The van der Waals surface area contributed by atoms with Crippen LogP contribution in [0.25, 0.3) is 0 Å². The summed E-state index contributed by atoms with van der Waals surface area (Å²) in [5.74, 6) is 0.379. The summed E-state index contributed by atoms with van der Waals surface area (Å²) in [5.41, 5.74) is 5.37. The highest BCUT2D eigenvalue weighted by molar-refractivity contribution is 5.75.